The summed E-state index contributed by atoms with van der Waals surface area (Å²) in [6, 6.07) is 0. The molecule has 110 valence electrons. The van der Waals surface area contributed by atoms with Crippen molar-refractivity contribution in [3.63, 3.8) is 0 Å². The Morgan fingerprint density at radius 2 is 2.21 bits per heavy atom. The van der Waals surface area contributed by atoms with E-state index in [0.29, 0.717) is 18.9 Å². The van der Waals surface area contributed by atoms with Gasteiger partial charge in [-0.25, -0.2) is 0 Å². The Kier molecular flexibility index (Phi) is 5.22. The van der Waals surface area contributed by atoms with Crippen LogP contribution in [0.25, 0.3) is 0 Å². The van der Waals surface area contributed by atoms with E-state index < -0.39 is 0 Å². The van der Waals surface area contributed by atoms with E-state index in [1.165, 1.54) is 38.6 Å². The van der Waals surface area contributed by atoms with Gasteiger partial charge in [-0.1, -0.05) is 6.42 Å². The first-order chi connectivity index (χ1) is 9.13. The third-order valence-corrected chi connectivity index (χ3v) is 5.01. The fourth-order valence-electron chi connectivity index (χ4n) is 3.35. The van der Waals surface area contributed by atoms with Crippen LogP contribution >= 0.6 is 0 Å². The van der Waals surface area contributed by atoms with E-state index in [4.69, 9.17) is 5.73 Å². The van der Waals surface area contributed by atoms with Crippen LogP contribution in [0.1, 0.15) is 44.9 Å². The minimum Gasteiger partial charge on any atom is -0.355 e. The molecule has 0 aromatic carbocycles. The van der Waals surface area contributed by atoms with E-state index in [1.807, 2.05) is 0 Å². The molecule has 4 heteroatoms. The molecule has 1 amide bonds. The van der Waals surface area contributed by atoms with Gasteiger partial charge >= 0.3 is 0 Å². The van der Waals surface area contributed by atoms with Crippen LogP contribution in [-0.4, -0.2) is 44.0 Å². The first kappa shape index (κ1) is 14.8. The number of nitrogens with one attached hydrogen (secondary N) is 1. The molecule has 19 heavy (non-hydrogen) atoms. The van der Waals surface area contributed by atoms with Crippen molar-refractivity contribution in [2.75, 3.05) is 33.2 Å². The van der Waals surface area contributed by atoms with Gasteiger partial charge in [0.15, 0.2) is 0 Å². The molecule has 0 aromatic heterocycles. The lowest BCUT2D eigenvalue weighted by Crippen LogP contribution is -2.47. The molecule has 1 aliphatic carbocycles. The summed E-state index contributed by atoms with van der Waals surface area (Å²) in [6.07, 6.45) is 7.89. The molecule has 1 atom stereocenters. The van der Waals surface area contributed by atoms with Crippen molar-refractivity contribution in [3.05, 3.63) is 0 Å². The topological polar surface area (TPSA) is 58.4 Å². The highest BCUT2D eigenvalue weighted by Gasteiger charge is 2.35. The van der Waals surface area contributed by atoms with Gasteiger partial charge in [0.05, 0.1) is 0 Å². The summed E-state index contributed by atoms with van der Waals surface area (Å²) in [7, 11) is 2.17. The second kappa shape index (κ2) is 6.71. The minimum absolute atomic E-state index is 0.216. The van der Waals surface area contributed by atoms with E-state index in [9.17, 15) is 4.79 Å². The van der Waals surface area contributed by atoms with Crippen molar-refractivity contribution >= 4 is 5.91 Å². The van der Waals surface area contributed by atoms with Crippen molar-refractivity contribution < 1.29 is 4.79 Å². The predicted molar refractivity (Wildman–Crippen MR) is 77.8 cm³/mol. The molecule has 1 aliphatic heterocycles. The summed E-state index contributed by atoms with van der Waals surface area (Å²) in [6.45, 7) is 3.86. The van der Waals surface area contributed by atoms with E-state index in [0.717, 1.165) is 19.5 Å². The Hall–Kier alpha value is -0.610. The number of hydrogen-bond donors (Lipinski definition) is 2. The third-order valence-electron chi connectivity index (χ3n) is 5.01. The molecular weight excluding hydrogens is 238 g/mol. The average Bonchev–Trinajstić information content (AvgIpc) is 2.36. The highest BCUT2D eigenvalue weighted by Crippen LogP contribution is 2.39. The number of carbonyl (C=O) groups is 1. The summed E-state index contributed by atoms with van der Waals surface area (Å²) in [5.41, 5.74) is 6.03. The Morgan fingerprint density at radius 1 is 1.42 bits per heavy atom. The highest BCUT2D eigenvalue weighted by atomic mass is 16.1. The molecule has 1 saturated heterocycles. The first-order valence-electron chi connectivity index (χ1n) is 7.79. The van der Waals surface area contributed by atoms with Gasteiger partial charge in [0, 0.05) is 19.5 Å². The van der Waals surface area contributed by atoms with Gasteiger partial charge in [0.1, 0.15) is 0 Å². The smallest absolute Gasteiger partial charge is 0.220 e. The second-order valence-electron chi connectivity index (χ2n) is 6.64. The minimum atomic E-state index is 0.216. The van der Waals surface area contributed by atoms with Crippen molar-refractivity contribution in [1.82, 2.24) is 10.2 Å². The van der Waals surface area contributed by atoms with Gasteiger partial charge < -0.3 is 16.0 Å². The van der Waals surface area contributed by atoms with Gasteiger partial charge in [-0.05, 0) is 63.6 Å². The third kappa shape index (κ3) is 4.18. The van der Waals surface area contributed by atoms with Gasteiger partial charge in [0.2, 0.25) is 5.91 Å². The largest absolute Gasteiger partial charge is 0.355 e. The lowest BCUT2D eigenvalue weighted by Gasteiger charge is -2.41. The lowest BCUT2D eigenvalue weighted by molar-refractivity contribution is -0.122. The molecule has 3 N–H and O–H groups in total. The Labute approximate surface area is 117 Å². The molecule has 1 unspecified atom stereocenters. The molecular formula is C15H29N3O. The molecule has 4 nitrogen and oxygen atoms in total. The van der Waals surface area contributed by atoms with Crippen LogP contribution in [0.4, 0.5) is 0 Å². The van der Waals surface area contributed by atoms with Crippen molar-refractivity contribution in [1.29, 1.82) is 0 Å². The van der Waals surface area contributed by atoms with E-state index in [1.54, 1.807) is 0 Å². The van der Waals surface area contributed by atoms with E-state index in [-0.39, 0.29) is 11.3 Å². The molecule has 0 radical (unpaired) electrons. The summed E-state index contributed by atoms with van der Waals surface area (Å²) < 4.78 is 0. The predicted octanol–water partition coefficient (Wildman–Crippen LogP) is 1.35. The van der Waals surface area contributed by atoms with Crippen LogP contribution in [0, 0.1) is 11.3 Å². The molecule has 0 bridgehead atoms. The zero-order valence-electron chi connectivity index (χ0n) is 12.3. The maximum Gasteiger partial charge on any atom is 0.220 e. The zero-order valence-corrected chi connectivity index (χ0v) is 12.3. The standard InChI is InChI=1S/C15H29N3O/c1-18-9-2-4-13(10-18)5-6-14(19)17-12-15(11-16)7-3-8-15/h13H,2-12,16H2,1H3,(H,17,19). The van der Waals surface area contributed by atoms with Crippen molar-refractivity contribution in [2.24, 2.45) is 17.1 Å². The van der Waals surface area contributed by atoms with Crippen LogP contribution in [-0.2, 0) is 4.79 Å². The number of rotatable bonds is 6. The quantitative estimate of drug-likeness (QED) is 0.764. The highest BCUT2D eigenvalue weighted by molar-refractivity contribution is 5.75. The molecule has 1 saturated carbocycles. The number of amides is 1. The molecule has 2 rings (SSSR count). The first-order valence-corrected chi connectivity index (χ1v) is 7.79. The fourth-order valence-corrected chi connectivity index (χ4v) is 3.35. The summed E-state index contributed by atoms with van der Waals surface area (Å²) in [5.74, 6) is 0.921. The number of hydrogen-bond acceptors (Lipinski definition) is 3. The van der Waals surface area contributed by atoms with Crippen molar-refractivity contribution in [2.45, 2.75) is 44.9 Å². The summed E-state index contributed by atoms with van der Waals surface area (Å²) in [4.78, 5) is 14.3. The molecule has 2 aliphatic rings. The Balaban J connectivity index is 1.61. The van der Waals surface area contributed by atoms with Crippen molar-refractivity contribution in [3.8, 4) is 0 Å². The van der Waals surface area contributed by atoms with Crippen LogP contribution in [0.2, 0.25) is 0 Å². The fraction of sp³-hybridized carbons (Fsp3) is 0.933. The van der Waals surface area contributed by atoms with E-state index >= 15 is 0 Å². The molecule has 0 aromatic rings. The maximum absolute atomic E-state index is 11.9. The van der Waals surface area contributed by atoms with Crippen LogP contribution < -0.4 is 11.1 Å². The number of nitrogens with two attached hydrogens (primary N) is 1. The number of carbonyl (C=O) groups excluding carboxylic acids is 1. The normalized spacial score (nSPS) is 26.7. The lowest BCUT2D eigenvalue weighted by atomic mass is 9.69. The van der Waals surface area contributed by atoms with Gasteiger partial charge in [-0.2, -0.15) is 0 Å². The Bertz CT molecular complexity index is 296. The molecule has 0 spiro atoms. The van der Waals surface area contributed by atoms with Crippen LogP contribution in [0.3, 0.4) is 0 Å². The van der Waals surface area contributed by atoms with E-state index in [2.05, 4.69) is 17.3 Å². The number of nitrogens with zero attached hydrogens (tertiary/aromatic N) is 1. The number of likely N-dealkylation sites (tertiary alicyclic amines) is 1. The van der Waals surface area contributed by atoms with Gasteiger partial charge in [-0.15, -0.1) is 0 Å². The SMILES string of the molecule is CN1CCCC(CCC(=O)NCC2(CN)CCC2)C1. The second-order valence-corrected chi connectivity index (χ2v) is 6.64. The Morgan fingerprint density at radius 3 is 2.79 bits per heavy atom. The zero-order chi connectivity index (χ0) is 13.7. The maximum atomic E-state index is 11.9. The molecule has 2 fully saturated rings. The van der Waals surface area contributed by atoms with Crippen LogP contribution in [0.15, 0.2) is 0 Å². The van der Waals surface area contributed by atoms with Gasteiger partial charge in [-0.3, -0.25) is 4.79 Å². The summed E-state index contributed by atoms with van der Waals surface area (Å²) >= 11 is 0. The van der Waals surface area contributed by atoms with Crippen LogP contribution in [0.5, 0.6) is 0 Å². The summed E-state index contributed by atoms with van der Waals surface area (Å²) in [5, 5.41) is 3.09. The molecule has 1 heterocycles. The van der Waals surface area contributed by atoms with Gasteiger partial charge in [0.25, 0.3) is 0 Å². The number of piperidine rings is 1. The average molecular weight is 267 g/mol. The monoisotopic (exact) mass is 267 g/mol.